The van der Waals surface area contributed by atoms with Gasteiger partial charge in [0.15, 0.2) is 11.5 Å². The Hall–Kier alpha value is -1.75. The number of piperidine rings is 1. The van der Waals surface area contributed by atoms with Gasteiger partial charge in [-0.25, -0.2) is 0 Å². The summed E-state index contributed by atoms with van der Waals surface area (Å²) >= 11 is 0. The third-order valence-corrected chi connectivity index (χ3v) is 3.72. The Morgan fingerprint density at radius 2 is 2.00 bits per heavy atom. The van der Waals surface area contributed by atoms with E-state index in [0.29, 0.717) is 11.5 Å². The van der Waals surface area contributed by atoms with Gasteiger partial charge in [-0.1, -0.05) is 6.42 Å². The number of carbonyl (C=O) groups excluding carboxylic acids is 1. The molecule has 0 spiro atoms. The molecule has 1 fully saturated rings. The summed E-state index contributed by atoms with van der Waals surface area (Å²) in [4.78, 5) is 14.4. The molecule has 5 heteroatoms. The lowest BCUT2D eigenvalue weighted by molar-refractivity contribution is -0.121. The van der Waals surface area contributed by atoms with Gasteiger partial charge in [0, 0.05) is 11.8 Å². The predicted molar refractivity (Wildman–Crippen MR) is 78.4 cm³/mol. The van der Waals surface area contributed by atoms with E-state index >= 15 is 0 Å². The SMILES string of the molecule is COc1ccc(NC(=O)[C@H]2CCCCN2C)cc1OC. The van der Waals surface area contributed by atoms with Gasteiger partial charge in [-0.05, 0) is 38.6 Å². The van der Waals surface area contributed by atoms with E-state index in [4.69, 9.17) is 9.47 Å². The van der Waals surface area contributed by atoms with Gasteiger partial charge in [0.2, 0.25) is 5.91 Å². The Bertz CT molecular complexity index is 476. The fourth-order valence-corrected chi connectivity index (χ4v) is 2.55. The second-order valence-corrected chi connectivity index (χ2v) is 5.05. The zero-order chi connectivity index (χ0) is 14.5. The smallest absolute Gasteiger partial charge is 0.241 e. The highest BCUT2D eigenvalue weighted by Gasteiger charge is 2.25. The Labute approximate surface area is 119 Å². The molecule has 1 aliphatic heterocycles. The van der Waals surface area contributed by atoms with Crippen molar-refractivity contribution in [3.05, 3.63) is 18.2 Å². The van der Waals surface area contributed by atoms with E-state index in [9.17, 15) is 4.79 Å². The van der Waals surface area contributed by atoms with Crippen molar-refractivity contribution in [2.24, 2.45) is 0 Å². The number of methoxy groups -OCH3 is 2. The molecule has 0 unspecified atom stereocenters. The first-order valence-corrected chi connectivity index (χ1v) is 6.89. The number of benzene rings is 1. The van der Waals surface area contributed by atoms with Gasteiger partial charge in [-0.3, -0.25) is 9.69 Å². The van der Waals surface area contributed by atoms with Gasteiger partial charge in [-0.2, -0.15) is 0 Å². The Balaban J connectivity index is 2.07. The van der Waals surface area contributed by atoms with Crippen molar-refractivity contribution < 1.29 is 14.3 Å². The summed E-state index contributed by atoms with van der Waals surface area (Å²) in [6.45, 7) is 0.976. The second-order valence-electron chi connectivity index (χ2n) is 5.05. The standard InChI is InChI=1S/C15H22N2O3/c1-17-9-5-4-6-12(17)15(18)16-11-7-8-13(19-2)14(10-11)20-3/h7-8,10,12H,4-6,9H2,1-3H3,(H,16,18)/t12-/m1/s1. The fraction of sp³-hybridized carbons (Fsp3) is 0.533. The first-order chi connectivity index (χ1) is 9.65. The Morgan fingerprint density at radius 3 is 2.65 bits per heavy atom. The molecule has 1 aromatic carbocycles. The van der Waals surface area contributed by atoms with Crippen molar-refractivity contribution in [3.8, 4) is 11.5 Å². The van der Waals surface area contributed by atoms with Crippen LogP contribution < -0.4 is 14.8 Å². The summed E-state index contributed by atoms with van der Waals surface area (Å²) < 4.78 is 10.4. The third-order valence-electron chi connectivity index (χ3n) is 3.72. The molecule has 20 heavy (non-hydrogen) atoms. The number of ether oxygens (including phenoxy) is 2. The lowest BCUT2D eigenvalue weighted by Crippen LogP contribution is -2.44. The summed E-state index contributed by atoms with van der Waals surface area (Å²) in [7, 11) is 5.17. The van der Waals surface area contributed by atoms with Crippen LogP contribution >= 0.6 is 0 Å². The van der Waals surface area contributed by atoms with Crippen LogP contribution in [-0.4, -0.2) is 44.7 Å². The number of likely N-dealkylation sites (N-methyl/N-ethyl adjacent to an activating group) is 1. The highest BCUT2D eigenvalue weighted by Crippen LogP contribution is 2.30. The normalized spacial score (nSPS) is 19.4. The molecule has 0 radical (unpaired) electrons. The second kappa shape index (κ2) is 6.61. The number of anilines is 1. The molecular formula is C15H22N2O3. The number of likely N-dealkylation sites (tertiary alicyclic amines) is 1. The van der Waals surface area contributed by atoms with Crippen LogP contribution in [0.2, 0.25) is 0 Å². The van der Waals surface area contributed by atoms with Crippen molar-refractivity contribution in [2.45, 2.75) is 25.3 Å². The number of hydrogen-bond donors (Lipinski definition) is 1. The number of carbonyl (C=O) groups is 1. The number of nitrogens with zero attached hydrogens (tertiary/aromatic N) is 1. The minimum Gasteiger partial charge on any atom is -0.493 e. The van der Waals surface area contributed by atoms with Crippen LogP contribution in [0.15, 0.2) is 18.2 Å². The topological polar surface area (TPSA) is 50.8 Å². The van der Waals surface area contributed by atoms with Crippen LogP contribution in [0.3, 0.4) is 0 Å². The van der Waals surface area contributed by atoms with Gasteiger partial charge in [0.25, 0.3) is 0 Å². The molecule has 1 amide bonds. The molecule has 110 valence electrons. The molecule has 0 aliphatic carbocycles. The van der Waals surface area contributed by atoms with Crippen LogP contribution in [0, 0.1) is 0 Å². The number of hydrogen-bond acceptors (Lipinski definition) is 4. The minimum absolute atomic E-state index is 0.0411. The lowest BCUT2D eigenvalue weighted by atomic mass is 10.0. The van der Waals surface area contributed by atoms with E-state index in [-0.39, 0.29) is 11.9 Å². The van der Waals surface area contributed by atoms with Crippen LogP contribution in [0.25, 0.3) is 0 Å². The predicted octanol–water partition coefficient (Wildman–Crippen LogP) is 2.13. The van der Waals surface area contributed by atoms with Gasteiger partial charge < -0.3 is 14.8 Å². The highest BCUT2D eigenvalue weighted by molar-refractivity contribution is 5.95. The average Bonchev–Trinajstić information content (AvgIpc) is 2.47. The maximum Gasteiger partial charge on any atom is 0.241 e. The summed E-state index contributed by atoms with van der Waals surface area (Å²) in [6, 6.07) is 5.34. The Morgan fingerprint density at radius 1 is 1.25 bits per heavy atom. The van der Waals surface area contributed by atoms with E-state index in [1.807, 2.05) is 13.1 Å². The largest absolute Gasteiger partial charge is 0.493 e. The van der Waals surface area contributed by atoms with Gasteiger partial charge in [0.1, 0.15) is 0 Å². The first kappa shape index (κ1) is 14.7. The van der Waals surface area contributed by atoms with E-state index in [0.717, 1.165) is 31.5 Å². The van der Waals surface area contributed by atoms with E-state index in [1.54, 1.807) is 26.4 Å². The zero-order valence-corrected chi connectivity index (χ0v) is 12.3. The molecule has 1 saturated heterocycles. The van der Waals surface area contributed by atoms with Crippen LogP contribution in [0.5, 0.6) is 11.5 Å². The summed E-state index contributed by atoms with van der Waals surface area (Å²) in [5.74, 6) is 1.31. The molecule has 1 aliphatic rings. The highest BCUT2D eigenvalue weighted by atomic mass is 16.5. The number of amides is 1. The minimum atomic E-state index is -0.0446. The van der Waals surface area contributed by atoms with Crippen molar-refractivity contribution in [3.63, 3.8) is 0 Å². The van der Waals surface area contributed by atoms with E-state index < -0.39 is 0 Å². The number of nitrogens with one attached hydrogen (secondary N) is 1. The maximum atomic E-state index is 12.3. The molecule has 0 saturated carbocycles. The van der Waals surface area contributed by atoms with Gasteiger partial charge in [-0.15, -0.1) is 0 Å². The Kier molecular flexibility index (Phi) is 4.84. The van der Waals surface area contributed by atoms with E-state index in [1.165, 1.54) is 0 Å². The van der Waals surface area contributed by atoms with Crippen molar-refractivity contribution in [1.29, 1.82) is 0 Å². The summed E-state index contributed by atoms with van der Waals surface area (Å²) in [5.41, 5.74) is 0.728. The first-order valence-electron chi connectivity index (χ1n) is 6.89. The lowest BCUT2D eigenvalue weighted by Gasteiger charge is -2.31. The monoisotopic (exact) mass is 278 g/mol. The molecule has 1 atom stereocenters. The van der Waals surface area contributed by atoms with Gasteiger partial charge in [0.05, 0.1) is 20.3 Å². The molecule has 1 N–H and O–H groups in total. The third kappa shape index (κ3) is 3.22. The van der Waals surface area contributed by atoms with Gasteiger partial charge >= 0.3 is 0 Å². The van der Waals surface area contributed by atoms with Crippen LogP contribution in [-0.2, 0) is 4.79 Å². The zero-order valence-electron chi connectivity index (χ0n) is 12.3. The van der Waals surface area contributed by atoms with Crippen molar-refractivity contribution in [2.75, 3.05) is 33.1 Å². The molecular weight excluding hydrogens is 256 g/mol. The van der Waals surface area contributed by atoms with Crippen LogP contribution in [0.4, 0.5) is 5.69 Å². The molecule has 2 rings (SSSR count). The van der Waals surface area contributed by atoms with Crippen molar-refractivity contribution >= 4 is 11.6 Å². The summed E-state index contributed by atoms with van der Waals surface area (Å²) in [6.07, 6.45) is 3.18. The average molecular weight is 278 g/mol. The van der Waals surface area contributed by atoms with Crippen LogP contribution in [0.1, 0.15) is 19.3 Å². The van der Waals surface area contributed by atoms with E-state index in [2.05, 4.69) is 10.2 Å². The fourth-order valence-electron chi connectivity index (χ4n) is 2.55. The molecule has 1 heterocycles. The number of rotatable bonds is 4. The molecule has 1 aromatic rings. The maximum absolute atomic E-state index is 12.3. The molecule has 5 nitrogen and oxygen atoms in total. The molecule has 0 aromatic heterocycles. The quantitative estimate of drug-likeness (QED) is 0.916. The van der Waals surface area contributed by atoms with Crippen molar-refractivity contribution in [1.82, 2.24) is 4.90 Å². The molecule has 0 bridgehead atoms. The summed E-state index contributed by atoms with van der Waals surface area (Å²) in [5, 5.41) is 2.95.